The second-order valence-electron chi connectivity index (χ2n) is 7.22. The SMILES string of the molecule is COc1cc2c(c(OC)c1OC)-c1ccc(OC)c(=O)cc1[C@H](N(C)CCS)CC2. The molecule has 0 aliphatic heterocycles. The van der Waals surface area contributed by atoms with E-state index in [1.165, 1.54) is 7.11 Å². The van der Waals surface area contributed by atoms with Crippen molar-refractivity contribution >= 4 is 12.6 Å². The van der Waals surface area contributed by atoms with Crippen molar-refractivity contribution in [1.82, 2.24) is 4.90 Å². The fraction of sp³-hybridized carbons (Fsp3) is 0.435. The molecule has 0 unspecified atom stereocenters. The molecule has 0 heterocycles. The Morgan fingerprint density at radius 2 is 1.70 bits per heavy atom. The van der Waals surface area contributed by atoms with Crippen LogP contribution in [0.2, 0.25) is 0 Å². The summed E-state index contributed by atoms with van der Waals surface area (Å²) < 4.78 is 22.3. The molecule has 0 amide bonds. The van der Waals surface area contributed by atoms with Crippen molar-refractivity contribution in [3.63, 3.8) is 0 Å². The van der Waals surface area contributed by atoms with Gasteiger partial charge in [0, 0.05) is 23.9 Å². The minimum atomic E-state index is -0.147. The van der Waals surface area contributed by atoms with E-state index in [1.54, 1.807) is 33.5 Å². The van der Waals surface area contributed by atoms with Crippen LogP contribution in [0.3, 0.4) is 0 Å². The molecule has 6 nitrogen and oxygen atoms in total. The van der Waals surface area contributed by atoms with Crippen LogP contribution in [0.4, 0.5) is 0 Å². The summed E-state index contributed by atoms with van der Waals surface area (Å²) in [5, 5.41) is 0. The Balaban J connectivity index is 2.40. The maximum absolute atomic E-state index is 12.8. The summed E-state index contributed by atoms with van der Waals surface area (Å²) in [4.78, 5) is 15.1. The van der Waals surface area contributed by atoms with Crippen molar-refractivity contribution in [3.05, 3.63) is 45.6 Å². The minimum absolute atomic E-state index is 0.0473. The van der Waals surface area contributed by atoms with Gasteiger partial charge in [-0.2, -0.15) is 12.6 Å². The molecule has 2 aromatic rings. The van der Waals surface area contributed by atoms with E-state index in [1.807, 2.05) is 12.1 Å². The van der Waals surface area contributed by atoms with E-state index in [-0.39, 0.29) is 11.5 Å². The first kappa shape index (κ1) is 22.3. The number of hydrogen-bond acceptors (Lipinski definition) is 7. The van der Waals surface area contributed by atoms with Crippen LogP contribution in [-0.2, 0) is 6.42 Å². The highest BCUT2D eigenvalue weighted by Crippen LogP contribution is 2.50. The van der Waals surface area contributed by atoms with Gasteiger partial charge in [0.05, 0.1) is 28.4 Å². The van der Waals surface area contributed by atoms with Crippen molar-refractivity contribution < 1.29 is 18.9 Å². The van der Waals surface area contributed by atoms with E-state index < -0.39 is 0 Å². The monoisotopic (exact) mass is 431 g/mol. The Labute approximate surface area is 183 Å². The number of fused-ring (bicyclic) bond motifs is 3. The van der Waals surface area contributed by atoms with Gasteiger partial charge in [0.2, 0.25) is 11.2 Å². The molecule has 0 N–H and O–H groups in total. The number of methoxy groups -OCH3 is 4. The van der Waals surface area contributed by atoms with Crippen molar-refractivity contribution in [1.29, 1.82) is 0 Å². The molecule has 0 aromatic heterocycles. The molecule has 1 atom stereocenters. The largest absolute Gasteiger partial charge is 0.493 e. The van der Waals surface area contributed by atoms with Crippen LogP contribution in [0.5, 0.6) is 23.0 Å². The molecule has 0 radical (unpaired) electrons. The smallest absolute Gasteiger partial charge is 0.220 e. The Hall–Kier alpha value is -2.38. The van der Waals surface area contributed by atoms with Gasteiger partial charge in [0.15, 0.2) is 17.2 Å². The molecule has 0 bridgehead atoms. The molecule has 162 valence electrons. The lowest BCUT2D eigenvalue weighted by Crippen LogP contribution is -2.27. The van der Waals surface area contributed by atoms with Gasteiger partial charge in [-0.15, -0.1) is 0 Å². The molecule has 0 fully saturated rings. The molecule has 0 saturated carbocycles. The number of hydrogen-bond donors (Lipinski definition) is 1. The third-order valence-electron chi connectivity index (χ3n) is 5.67. The first-order valence-electron chi connectivity index (χ1n) is 9.86. The summed E-state index contributed by atoms with van der Waals surface area (Å²) in [5.41, 5.74) is 3.73. The van der Waals surface area contributed by atoms with E-state index >= 15 is 0 Å². The average Bonchev–Trinajstić information content (AvgIpc) is 3.00. The van der Waals surface area contributed by atoms with Gasteiger partial charge in [-0.1, -0.05) is 6.07 Å². The highest BCUT2D eigenvalue weighted by Gasteiger charge is 2.30. The maximum atomic E-state index is 12.8. The van der Waals surface area contributed by atoms with Crippen LogP contribution in [0.15, 0.2) is 29.1 Å². The number of aryl methyl sites for hydroxylation is 1. The van der Waals surface area contributed by atoms with E-state index in [2.05, 4.69) is 24.6 Å². The quantitative estimate of drug-likeness (QED) is 0.676. The van der Waals surface area contributed by atoms with E-state index in [0.29, 0.717) is 23.0 Å². The number of rotatable bonds is 7. The number of nitrogens with zero attached hydrogens (tertiary/aromatic N) is 1. The first-order valence-corrected chi connectivity index (χ1v) is 10.5. The van der Waals surface area contributed by atoms with Gasteiger partial charge in [-0.05, 0) is 54.8 Å². The van der Waals surface area contributed by atoms with Crippen molar-refractivity contribution in [2.24, 2.45) is 0 Å². The molecular weight excluding hydrogens is 402 g/mol. The Morgan fingerprint density at radius 1 is 1.00 bits per heavy atom. The Kier molecular flexibility index (Phi) is 7.15. The zero-order valence-corrected chi connectivity index (χ0v) is 19.0. The van der Waals surface area contributed by atoms with Crippen molar-refractivity contribution in [3.8, 4) is 34.1 Å². The molecule has 1 aliphatic rings. The summed E-state index contributed by atoms with van der Waals surface area (Å²) in [7, 11) is 8.40. The lowest BCUT2D eigenvalue weighted by atomic mass is 9.95. The highest BCUT2D eigenvalue weighted by molar-refractivity contribution is 7.80. The van der Waals surface area contributed by atoms with Crippen LogP contribution >= 0.6 is 12.6 Å². The molecule has 3 rings (SSSR count). The fourth-order valence-electron chi connectivity index (χ4n) is 4.22. The van der Waals surface area contributed by atoms with Crippen LogP contribution in [0, 0.1) is 0 Å². The molecular formula is C23H29NO5S. The Bertz CT molecular complexity index is 979. The molecule has 1 aliphatic carbocycles. The van der Waals surface area contributed by atoms with Crippen molar-refractivity contribution in [2.75, 3.05) is 47.8 Å². The van der Waals surface area contributed by atoms with E-state index in [9.17, 15) is 4.79 Å². The summed E-state index contributed by atoms with van der Waals surface area (Å²) in [6.07, 6.45) is 1.64. The van der Waals surface area contributed by atoms with Gasteiger partial charge >= 0.3 is 0 Å². The van der Waals surface area contributed by atoms with Crippen LogP contribution in [-0.4, -0.2) is 52.7 Å². The van der Waals surface area contributed by atoms with Gasteiger partial charge in [0.1, 0.15) is 0 Å². The average molecular weight is 432 g/mol. The van der Waals surface area contributed by atoms with Crippen LogP contribution < -0.4 is 24.4 Å². The summed E-state index contributed by atoms with van der Waals surface area (Å²) in [6, 6.07) is 7.41. The topological polar surface area (TPSA) is 57.2 Å². The number of ether oxygens (including phenoxy) is 4. The Morgan fingerprint density at radius 3 is 2.30 bits per heavy atom. The molecule has 30 heavy (non-hydrogen) atoms. The zero-order chi connectivity index (χ0) is 21.8. The third kappa shape index (κ3) is 3.96. The highest BCUT2D eigenvalue weighted by atomic mass is 32.1. The van der Waals surface area contributed by atoms with Crippen LogP contribution in [0.1, 0.15) is 23.6 Å². The van der Waals surface area contributed by atoms with E-state index in [0.717, 1.165) is 47.4 Å². The van der Waals surface area contributed by atoms with Crippen LogP contribution in [0.25, 0.3) is 11.1 Å². The third-order valence-corrected chi connectivity index (χ3v) is 5.87. The van der Waals surface area contributed by atoms with Crippen molar-refractivity contribution in [2.45, 2.75) is 18.9 Å². The summed E-state index contributed by atoms with van der Waals surface area (Å²) in [6.45, 7) is 0.803. The van der Waals surface area contributed by atoms with Gasteiger partial charge in [0.25, 0.3) is 0 Å². The summed E-state index contributed by atoms with van der Waals surface area (Å²) in [5.74, 6) is 2.79. The summed E-state index contributed by atoms with van der Waals surface area (Å²) >= 11 is 4.40. The molecule has 0 spiro atoms. The normalized spacial score (nSPS) is 15.1. The van der Waals surface area contributed by atoms with E-state index in [4.69, 9.17) is 18.9 Å². The maximum Gasteiger partial charge on any atom is 0.220 e. The number of thiol groups is 1. The molecule has 2 aromatic carbocycles. The zero-order valence-electron chi connectivity index (χ0n) is 18.2. The predicted octanol–water partition coefficient (Wildman–Crippen LogP) is 3.60. The lowest BCUT2D eigenvalue weighted by molar-refractivity contribution is 0.249. The number of benzene rings is 1. The van der Waals surface area contributed by atoms with Gasteiger partial charge in [-0.25, -0.2) is 0 Å². The second-order valence-corrected chi connectivity index (χ2v) is 7.66. The second kappa shape index (κ2) is 9.62. The van der Waals surface area contributed by atoms with Gasteiger partial charge in [-0.3, -0.25) is 9.69 Å². The molecule has 7 heteroatoms. The van der Waals surface area contributed by atoms with Gasteiger partial charge < -0.3 is 18.9 Å². The first-order chi connectivity index (χ1) is 14.5. The fourth-order valence-corrected chi connectivity index (χ4v) is 4.53. The lowest BCUT2D eigenvalue weighted by Gasteiger charge is -2.27. The standard InChI is InChI=1S/C23H29NO5S/c1-24(10-11-30)17-8-6-14-12-20(27-3)22(28-4)23(29-5)21(14)15-7-9-19(26-2)18(25)13-16(15)17/h7,9,12-13,17,30H,6,8,10-11H2,1-5H3/t17-/m1/s1. The molecule has 0 saturated heterocycles. The minimum Gasteiger partial charge on any atom is -0.493 e. The predicted molar refractivity (Wildman–Crippen MR) is 122 cm³/mol.